The first-order chi connectivity index (χ1) is 12.2. The number of rotatable bonds is 3. The topological polar surface area (TPSA) is 29.5 Å². The van der Waals surface area contributed by atoms with Gasteiger partial charge in [-0.05, 0) is 58.1 Å². The summed E-state index contributed by atoms with van der Waals surface area (Å²) in [6.07, 6.45) is 6.24. The molecular formula is C20H20BrNO2S. The van der Waals surface area contributed by atoms with Crippen LogP contribution >= 0.6 is 27.3 Å². The zero-order chi connectivity index (χ0) is 17.2. The number of thiophene rings is 1. The van der Waals surface area contributed by atoms with E-state index in [1.165, 1.54) is 17.6 Å². The molecule has 2 atom stereocenters. The van der Waals surface area contributed by atoms with E-state index in [4.69, 9.17) is 4.74 Å². The Morgan fingerprint density at radius 3 is 2.80 bits per heavy atom. The summed E-state index contributed by atoms with van der Waals surface area (Å²) in [6, 6.07) is 10.3. The molecule has 0 saturated carbocycles. The predicted molar refractivity (Wildman–Crippen MR) is 105 cm³/mol. The molecule has 2 unspecified atom stereocenters. The van der Waals surface area contributed by atoms with Gasteiger partial charge >= 0.3 is 6.09 Å². The molecule has 1 saturated heterocycles. The Hall–Kier alpha value is -1.59. The molecule has 1 fully saturated rings. The third-order valence-corrected chi connectivity index (χ3v) is 6.72. The number of hydrogen-bond donors (Lipinski definition) is 0. The fourth-order valence-corrected chi connectivity index (χ4v) is 5.39. The fraction of sp³-hybridized carbons (Fsp3) is 0.350. The molecule has 1 aromatic carbocycles. The Morgan fingerprint density at radius 2 is 2.08 bits per heavy atom. The van der Waals surface area contributed by atoms with Gasteiger partial charge in [-0.3, -0.25) is 4.90 Å². The largest absolute Gasteiger partial charge is 0.445 e. The summed E-state index contributed by atoms with van der Waals surface area (Å²) in [6.45, 7) is 0.336. The molecule has 4 rings (SSSR count). The number of carbonyl (C=O) groups is 1. The van der Waals surface area contributed by atoms with Crippen molar-refractivity contribution in [2.75, 3.05) is 0 Å². The van der Waals surface area contributed by atoms with Gasteiger partial charge in [0.05, 0.1) is 6.04 Å². The number of piperidine rings is 1. The summed E-state index contributed by atoms with van der Waals surface area (Å²) in [7, 11) is 0. The lowest BCUT2D eigenvalue weighted by Crippen LogP contribution is -2.51. The molecule has 0 aliphatic carbocycles. The zero-order valence-electron chi connectivity index (χ0n) is 13.9. The summed E-state index contributed by atoms with van der Waals surface area (Å²) in [5.41, 5.74) is 3.66. The highest BCUT2D eigenvalue weighted by atomic mass is 79.9. The van der Waals surface area contributed by atoms with Gasteiger partial charge in [-0.1, -0.05) is 36.4 Å². The average molecular weight is 418 g/mol. The average Bonchev–Trinajstić information content (AvgIpc) is 3.05. The minimum absolute atomic E-state index is 0.151. The van der Waals surface area contributed by atoms with E-state index in [0.29, 0.717) is 6.61 Å². The van der Waals surface area contributed by atoms with Gasteiger partial charge in [0, 0.05) is 21.5 Å². The van der Waals surface area contributed by atoms with Crippen LogP contribution in [-0.4, -0.2) is 23.1 Å². The summed E-state index contributed by atoms with van der Waals surface area (Å²) in [4.78, 5) is 14.7. The van der Waals surface area contributed by atoms with E-state index in [1.807, 2.05) is 35.2 Å². The van der Waals surface area contributed by atoms with Crippen LogP contribution in [0.25, 0.3) is 5.57 Å². The van der Waals surface area contributed by atoms with Gasteiger partial charge in [-0.2, -0.15) is 11.3 Å². The highest BCUT2D eigenvalue weighted by Gasteiger charge is 2.38. The Balaban J connectivity index is 1.50. The molecule has 130 valence electrons. The van der Waals surface area contributed by atoms with Crippen molar-refractivity contribution in [3.63, 3.8) is 0 Å². The van der Waals surface area contributed by atoms with Crippen LogP contribution in [0.5, 0.6) is 0 Å². The first kappa shape index (κ1) is 16.9. The lowest BCUT2D eigenvalue weighted by atomic mass is 9.84. The standard InChI is InChI=1S/C20H20BrNO2S/c21-19-13-25-12-18(19)15-9-16-7-4-8-17(10-15)22(16)20(23)24-11-14-5-2-1-3-6-14/h1-3,5-6,9,12-13,16-17H,4,7-8,10-11H2. The van der Waals surface area contributed by atoms with E-state index in [9.17, 15) is 4.79 Å². The first-order valence-corrected chi connectivity index (χ1v) is 10.4. The van der Waals surface area contributed by atoms with Gasteiger partial charge < -0.3 is 4.74 Å². The van der Waals surface area contributed by atoms with Crippen molar-refractivity contribution in [2.45, 2.75) is 44.4 Å². The van der Waals surface area contributed by atoms with Crippen LogP contribution in [0.3, 0.4) is 0 Å². The van der Waals surface area contributed by atoms with E-state index >= 15 is 0 Å². The second-order valence-electron chi connectivity index (χ2n) is 6.63. The predicted octanol–water partition coefficient (Wildman–Crippen LogP) is 5.86. The molecular weight excluding hydrogens is 398 g/mol. The lowest BCUT2D eigenvalue weighted by Gasteiger charge is -2.44. The molecule has 0 radical (unpaired) electrons. The molecule has 3 heterocycles. The van der Waals surface area contributed by atoms with Crippen molar-refractivity contribution >= 4 is 38.9 Å². The maximum absolute atomic E-state index is 12.7. The van der Waals surface area contributed by atoms with E-state index < -0.39 is 0 Å². The molecule has 0 N–H and O–H groups in total. The number of benzene rings is 1. The van der Waals surface area contributed by atoms with Crippen LogP contribution in [0.4, 0.5) is 4.79 Å². The smallest absolute Gasteiger partial charge is 0.410 e. The number of fused-ring (bicyclic) bond motifs is 2. The third-order valence-electron chi connectivity index (χ3n) is 5.01. The molecule has 0 spiro atoms. The molecule has 2 bridgehead atoms. The zero-order valence-corrected chi connectivity index (χ0v) is 16.3. The van der Waals surface area contributed by atoms with Gasteiger partial charge in [0.2, 0.25) is 0 Å². The minimum atomic E-state index is -0.182. The highest BCUT2D eigenvalue weighted by Crippen LogP contribution is 2.40. The summed E-state index contributed by atoms with van der Waals surface area (Å²) in [5, 5.41) is 4.31. The van der Waals surface area contributed by atoms with Crippen LogP contribution in [0.2, 0.25) is 0 Å². The molecule has 2 aromatic rings. The van der Waals surface area contributed by atoms with Crippen molar-refractivity contribution in [1.82, 2.24) is 4.90 Å². The number of carbonyl (C=O) groups excluding carboxylic acids is 1. The van der Waals surface area contributed by atoms with Crippen LogP contribution in [0, 0.1) is 0 Å². The number of ether oxygens (including phenoxy) is 1. The van der Waals surface area contributed by atoms with Gasteiger partial charge in [0.15, 0.2) is 0 Å². The van der Waals surface area contributed by atoms with Gasteiger partial charge in [0.25, 0.3) is 0 Å². The maximum atomic E-state index is 12.7. The monoisotopic (exact) mass is 417 g/mol. The Bertz CT molecular complexity index is 786. The highest BCUT2D eigenvalue weighted by molar-refractivity contribution is 9.10. The Labute approximate surface area is 160 Å². The maximum Gasteiger partial charge on any atom is 0.410 e. The van der Waals surface area contributed by atoms with Crippen molar-refractivity contribution in [2.24, 2.45) is 0 Å². The summed E-state index contributed by atoms with van der Waals surface area (Å²) >= 11 is 5.35. The lowest BCUT2D eigenvalue weighted by molar-refractivity contribution is 0.0510. The normalized spacial score (nSPS) is 22.4. The van der Waals surface area contributed by atoms with Crippen molar-refractivity contribution in [3.8, 4) is 0 Å². The molecule has 2 aliphatic heterocycles. The Morgan fingerprint density at radius 1 is 1.24 bits per heavy atom. The number of halogens is 1. The molecule has 5 heteroatoms. The van der Waals surface area contributed by atoms with Crippen molar-refractivity contribution < 1.29 is 9.53 Å². The van der Waals surface area contributed by atoms with E-state index in [0.717, 1.165) is 29.3 Å². The van der Waals surface area contributed by atoms with E-state index in [2.05, 4.69) is 32.8 Å². The molecule has 25 heavy (non-hydrogen) atoms. The van der Waals surface area contributed by atoms with Gasteiger partial charge in [-0.15, -0.1) is 0 Å². The summed E-state index contributed by atoms with van der Waals surface area (Å²) in [5.74, 6) is 0. The van der Waals surface area contributed by atoms with Crippen LogP contribution in [0.15, 0.2) is 51.6 Å². The van der Waals surface area contributed by atoms with Crippen LogP contribution in [-0.2, 0) is 11.3 Å². The quantitative estimate of drug-likeness (QED) is 0.625. The third kappa shape index (κ3) is 3.53. The fourth-order valence-electron chi connectivity index (χ4n) is 3.82. The first-order valence-electron chi connectivity index (χ1n) is 8.64. The second kappa shape index (κ2) is 7.34. The summed E-state index contributed by atoms with van der Waals surface area (Å²) < 4.78 is 6.76. The van der Waals surface area contributed by atoms with E-state index in [1.54, 1.807) is 11.3 Å². The van der Waals surface area contributed by atoms with Crippen LogP contribution < -0.4 is 0 Å². The number of nitrogens with zero attached hydrogens (tertiary/aromatic N) is 1. The van der Waals surface area contributed by atoms with Gasteiger partial charge in [0.1, 0.15) is 6.61 Å². The van der Waals surface area contributed by atoms with Gasteiger partial charge in [-0.25, -0.2) is 4.79 Å². The Kier molecular flexibility index (Phi) is 4.95. The van der Waals surface area contributed by atoms with Crippen molar-refractivity contribution in [1.29, 1.82) is 0 Å². The SMILES string of the molecule is O=C(OCc1ccccc1)N1C2C=C(c3cscc3Br)CC1CCC2. The second-order valence-corrected chi connectivity index (χ2v) is 8.23. The number of amides is 1. The molecule has 3 nitrogen and oxygen atoms in total. The molecule has 1 amide bonds. The van der Waals surface area contributed by atoms with Crippen molar-refractivity contribution in [3.05, 3.63) is 62.8 Å². The molecule has 2 aliphatic rings. The van der Waals surface area contributed by atoms with Crippen LogP contribution in [0.1, 0.15) is 36.8 Å². The molecule has 1 aromatic heterocycles. The number of hydrogen-bond acceptors (Lipinski definition) is 3. The minimum Gasteiger partial charge on any atom is -0.445 e. The van der Waals surface area contributed by atoms with E-state index in [-0.39, 0.29) is 18.2 Å².